The minimum absolute atomic E-state index is 0.903. The summed E-state index contributed by atoms with van der Waals surface area (Å²) < 4.78 is 0. The summed E-state index contributed by atoms with van der Waals surface area (Å²) in [4.78, 5) is 0. The second kappa shape index (κ2) is 8.88. The third-order valence-corrected chi connectivity index (χ3v) is 1.23. The van der Waals surface area contributed by atoms with Crippen LogP contribution in [0.5, 0.6) is 0 Å². The molecular formula is C7H17N3. The molecule has 0 aliphatic rings. The lowest BCUT2D eigenvalue weighted by Crippen LogP contribution is -2.38. The molecule has 3 heteroatoms. The third-order valence-electron chi connectivity index (χ3n) is 1.23. The lowest BCUT2D eigenvalue weighted by molar-refractivity contribution is 0.549. The van der Waals surface area contributed by atoms with Crippen LogP contribution in [0.4, 0.5) is 0 Å². The first-order valence-corrected chi connectivity index (χ1v) is 3.69. The Morgan fingerprint density at radius 3 is 2.70 bits per heavy atom. The van der Waals surface area contributed by atoms with Gasteiger partial charge in [-0.1, -0.05) is 13.3 Å². The summed E-state index contributed by atoms with van der Waals surface area (Å²) in [6, 6.07) is 0. The van der Waals surface area contributed by atoms with Crippen LogP contribution < -0.4 is 16.8 Å². The molecule has 0 aliphatic carbocycles. The zero-order valence-corrected chi connectivity index (χ0v) is 6.56. The summed E-state index contributed by atoms with van der Waals surface area (Å²) in [6.07, 6.45) is 7.84. The summed E-state index contributed by atoms with van der Waals surface area (Å²) >= 11 is 0. The summed E-state index contributed by atoms with van der Waals surface area (Å²) in [7, 11) is 0. The van der Waals surface area contributed by atoms with Crippen molar-refractivity contribution in [3.8, 4) is 0 Å². The van der Waals surface area contributed by atoms with Gasteiger partial charge >= 0.3 is 0 Å². The second-order valence-electron chi connectivity index (χ2n) is 2.13. The van der Waals surface area contributed by atoms with Crippen LogP contribution in [0.3, 0.4) is 0 Å². The van der Waals surface area contributed by atoms with Crippen molar-refractivity contribution in [1.82, 2.24) is 11.0 Å². The number of hydrogen-bond donors (Lipinski definition) is 3. The molecule has 60 valence electrons. The first-order chi connectivity index (χ1) is 4.91. The molecule has 0 spiro atoms. The van der Waals surface area contributed by atoms with E-state index in [4.69, 9.17) is 5.84 Å². The molecule has 0 unspecified atom stereocenters. The van der Waals surface area contributed by atoms with Crippen molar-refractivity contribution in [3.05, 3.63) is 12.8 Å². The molecule has 0 rings (SSSR count). The Morgan fingerprint density at radius 2 is 2.10 bits per heavy atom. The van der Waals surface area contributed by atoms with Crippen molar-refractivity contribution < 1.29 is 0 Å². The van der Waals surface area contributed by atoms with Crippen molar-refractivity contribution in [3.63, 3.8) is 0 Å². The van der Waals surface area contributed by atoms with Gasteiger partial charge in [0.15, 0.2) is 0 Å². The second-order valence-corrected chi connectivity index (χ2v) is 2.13. The van der Waals surface area contributed by atoms with Gasteiger partial charge in [-0.15, -0.1) is 0 Å². The average molecular weight is 143 g/mol. The van der Waals surface area contributed by atoms with Crippen LogP contribution in [-0.4, -0.2) is 6.54 Å². The lowest BCUT2D eigenvalue weighted by atomic mass is 10.2. The Labute approximate surface area is 63.3 Å². The van der Waals surface area contributed by atoms with E-state index in [-0.39, 0.29) is 0 Å². The van der Waals surface area contributed by atoms with Crippen LogP contribution in [0, 0.1) is 12.8 Å². The molecule has 0 saturated heterocycles. The molecule has 0 bridgehead atoms. The highest BCUT2D eigenvalue weighted by Crippen LogP contribution is 1.98. The highest BCUT2D eigenvalue weighted by atomic mass is 15.5. The number of hydrogen-bond acceptors (Lipinski definition) is 3. The fourth-order valence-electron chi connectivity index (χ4n) is 0.675. The quantitative estimate of drug-likeness (QED) is 0.277. The van der Waals surface area contributed by atoms with Crippen LogP contribution in [0.1, 0.15) is 26.2 Å². The van der Waals surface area contributed by atoms with Crippen molar-refractivity contribution in [1.29, 1.82) is 0 Å². The summed E-state index contributed by atoms with van der Waals surface area (Å²) in [5.74, 6) is 4.99. The zero-order valence-electron chi connectivity index (χ0n) is 6.56. The SMILES string of the molecule is C[CH]CC[CH]CCNNN. The number of unbranched alkanes of at least 4 members (excludes halogenated alkanes) is 4. The van der Waals surface area contributed by atoms with E-state index in [1.165, 1.54) is 12.8 Å². The van der Waals surface area contributed by atoms with E-state index in [1.54, 1.807) is 0 Å². The molecule has 0 heterocycles. The van der Waals surface area contributed by atoms with Crippen LogP contribution >= 0.6 is 0 Å². The van der Waals surface area contributed by atoms with Crippen LogP contribution in [0.2, 0.25) is 0 Å². The normalized spacial score (nSPS) is 10.2. The van der Waals surface area contributed by atoms with Gasteiger partial charge in [-0.25, -0.2) is 5.43 Å². The molecule has 0 aliphatic heterocycles. The van der Waals surface area contributed by atoms with Crippen molar-refractivity contribution >= 4 is 0 Å². The Hall–Kier alpha value is -0.120. The van der Waals surface area contributed by atoms with Crippen LogP contribution in [0.15, 0.2) is 0 Å². The minimum Gasteiger partial charge on any atom is -0.258 e. The number of nitrogens with one attached hydrogen (secondary N) is 2. The van der Waals surface area contributed by atoms with Gasteiger partial charge in [0, 0.05) is 6.54 Å². The maximum Gasteiger partial charge on any atom is 0.0116 e. The molecule has 2 radical (unpaired) electrons. The Kier molecular flexibility index (Phi) is 8.77. The molecule has 0 amide bonds. The molecule has 0 aromatic carbocycles. The van der Waals surface area contributed by atoms with Crippen LogP contribution in [-0.2, 0) is 0 Å². The molecule has 10 heavy (non-hydrogen) atoms. The smallest absolute Gasteiger partial charge is 0.0116 e. The highest BCUT2D eigenvalue weighted by Gasteiger charge is 1.87. The maximum absolute atomic E-state index is 4.99. The molecule has 4 N–H and O–H groups in total. The summed E-state index contributed by atoms with van der Waals surface area (Å²) in [6.45, 7) is 2.98. The minimum atomic E-state index is 0.903. The molecule has 0 aromatic rings. The standard InChI is InChI=1S/C7H17N3/c1-2-3-4-5-6-7-9-10-8/h2,5,9-10H,3-4,6-8H2,1H3. The number of rotatable bonds is 7. The monoisotopic (exact) mass is 143 g/mol. The van der Waals surface area contributed by atoms with Gasteiger partial charge in [-0.3, -0.25) is 5.84 Å². The first-order valence-electron chi connectivity index (χ1n) is 3.69. The Bertz CT molecular complexity index is 48.8. The largest absolute Gasteiger partial charge is 0.258 e. The number of hydrazine groups is 2. The highest BCUT2D eigenvalue weighted by molar-refractivity contribution is 4.69. The van der Waals surface area contributed by atoms with Crippen molar-refractivity contribution in [2.75, 3.05) is 6.54 Å². The van der Waals surface area contributed by atoms with E-state index in [2.05, 4.69) is 30.7 Å². The summed E-state index contributed by atoms with van der Waals surface area (Å²) in [5.41, 5.74) is 5.19. The predicted molar refractivity (Wildman–Crippen MR) is 43.5 cm³/mol. The molecule has 0 aromatic heterocycles. The lowest BCUT2D eigenvalue weighted by Gasteiger charge is -2.00. The van der Waals surface area contributed by atoms with Crippen molar-refractivity contribution in [2.45, 2.75) is 26.2 Å². The fraction of sp³-hybridized carbons (Fsp3) is 0.714. The Morgan fingerprint density at radius 1 is 1.30 bits per heavy atom. The maximum atomic E-state index is 4.99. The van der Waals surface area contributed by atoms with E-state index in [0.717, 1.165) is 13.0 Å². The molecule has 0 atom stereocenters. The van der Waals surface area contributed by atoms with Gasteiger partial charge < -0.3 is 0 Å². The molecular weight excluding hydrogens is 126 g/mol. The van der Waals surface area contributed by atoms with Gasteiger partial charge in [0.2, 0.25) is 0 Å². The van der Waals surface area contributed by atoms with Gasteiger partial charge in [0.1, 0.15) is 0 Å². The van der Waals surface area contributed by atoms with E-state index in [0.29, 0.717) is 0 Å². The van der Waals surface area contributed by atoms with E-state index in [9.17, 15) is 0 Å². The summed E-state index contributed by atoms with van der Waals surface area (Å²) in [5, 5.41) is 0. The Balaban J connectivity index is 2.65. The molecule has 3 nitrogen and oxygen atoms in total. The van der Waals surface area contributed by atoms with Gasteiger partial charge in [-0.2, -0.15) is 5.53 Å². The zero-order chi connectivity index (χ0) is 7.66. The fourth-order valence-corrected chi connectivity index (χ4v) is 0.675. The van der Waals surface area contributed by atoms with Crippen molar-refractivity contribution in [2.24, 2.45) is 5.84 Å². The van der Waals surface area contributed by atoms with E-state index >= 15 is 0 Å². The van der Waals surface area contributed by atoms with Gasteiger partial charge in [0.05, 0.1) is 0 Å². The first kappa shape index (κ1) is 9.88. The number of nitrogens with two attached hydrogens (primary N) is 1. The molecule has 0 fully saturated rings. The predicted octanol–water partition coefficient (Wildman–Crippen LogP) is 0.553. The van der Waals surface area contributed by atoms with Gasteiger partial charge in [0.25, 0.3) is 0 Å². The topological polar surface area (TPSA) is 50.1 Å². The van der Waals surface area contributed by atoms with E-state index in [1.807, 2.05) is 0 Å². The van der Waals surface area contributed by atoms with Gasteiger partial charge in [-0.05, 0) is 25.7 Å². The van der Waals surface area contributed by atoms with Crippen LogP contribution in [0.25, 0.3) is 0 Å². The average Bonchev–Trinajstić information content (AvgIpc) is 1.97. The van der Waals surface area contributed by atoms with E-state index < -0.39 is 0 Å². The third kappa shape index (κ3) is 7.88. The molecule has 0 saturated carbocycles.